The summed E-state index contributed by atoms with van der Waals surface area (Å²) in [5.41, 5.74) is 3.49. The Morgan fingerprint density at radius 3 is 2.74 bits per heavy atom. The van der Waals surface area contributed by atoms with Crippen molar-refractivity contribution in [3.63, 3.8) is 0 Å². The first-order valence-corrected chi connectivity index (χ1v) is 8.56. The SMILES string of the molecule is CCC(CC)C(O)CNC(=O)CCc1c[nH]c2ccc(C)cc12. The Morgan fingerprint density at radius 2 is 2.04 bits per heavy atom. The first-order chi connectivity index (χ1) is 11.0. The average molecular weight is 316 g/mol. The molecule has 1 atom stereocenters. The number of hydrogen-bond donors (Lipinski definition) is 3. The minimum Gasteiger partial charge on any atom is -0.391 e. The zero-order valence-electron chi connectivity index (χ0n) is 14.4. The summed E-state index contributed by atoms with van der Waals surface area (Å²) in [4.78, 5) is 15.3. The molecule has 0 spiro atoms. The van der Waals surface area contributed by atoms with Crippen LogP contribution in [0.4, 0.5) is 0 Å². The minimum absolute atomic E-state index is 0.00277. The third-order valence-corrected chi connectivity index (χ3v) is 4.65. The van der Waals surface area contributed by atoms with Crippen molar-refractivity contribution in [3.8, 4) is 0 Å². The summed E-state index contributed by atoms with van der Waals surface area (Å²) in [5, 5.41) is 14.1. The first kappa shape index (κ1) is 17.5. The number of aryl methyl sites for hydroxylation is 2. The summed E-state index contributed by atoms with van der Waals surface area (Å²) in [7, 11) is 0. The Kier molecular flexibility index (Phi) is 6.22. The fourth-order valence-corrected chi connectivity index (χ4v) is 3.05. The number of H-pyrrole nitrogens is 1. The molecule has 2 rings (SSSR count). The fraction of sp³-hybridized carbons (Fsp3) is 0.526. The van der Waals surface area contributed by atoms with Gasteiger partial charge in [-0.25, -0.2) is 0 Å². The Balaban J connectivity index is 1.85. The van der Waals surface area contributed by atoms with E-state index < -0.39 is 6.10 Å². The van der Waals surface area contributed by atoms with Crippen molar-refractivity contribution in [2.24, 2.45) is 5.92 Å². The number of benzene rings is 1. The van der Waals surface area contributed by atoms with Gasteiger partial charge in [0.1, 0.15) is 0 Å². The van der Waals surface area contributed by atoms with Gasteiger partial charge in [0.15, 0.2) is 0 Å². The molecule has 0 saturated heterocycles. The van der Waals surface area contributed by atoms with Crippen molar-refractivity contribution < 1.29 is 9.90 Å². The smallest absolute Gasteiger partial charge is 0.220 e. The van der Waals surface area contributed by atoms with Crippen LogP contribution in [0.2, 0.25) is 0 Å². The summed E-state index contributed by atoms with van der Waals surface area (Å²) in [6.45, 7) is 6.55. The van der Waals surface area contributed by atoms with E-state index in [0.717, 1.165) is 18.4 Å². The number of hydrogen-bond acceptors (Lipinski definition) is 2. The number of aliphatic hydroxyl groups is 1. The van der Waals surface area contributed by atoms with Crippen LogP contribution in [0.1, 0.15) is 44.2 Å². The first-order valence-electron chi connectivity index (χ1n) is 8.56. The molecule has 0 bridgehead atoms. The highest BCUT2D eigenvalue weighted by Gasteiger charge is 2.16. The molecule has 1 amide bonds. The topological polar surface area (TPSA) is 65.1 Å². The number of amides is 1. The average Bonchev–Trinajstić information content (AvgIpc) is 2.94. The van der Waals surface area contributed by atoms with Crippen molar-refractivity contribution in [3.05, 3.63) is 35.5 Å². The normalized spacial score (nSPS) is 12.7. The number of rotatable bonds is 8. The van der Waals surface area contributed by atoms with Gasteiger partial charge in [-0.05, 0) is 37.0 Å². The lowest BCUT2D eigenvalue weighted by Crippen LogP contribution is -2.36. The maximum atomic E-state index is 12.0. The van der Waals surface area contributed by atoms with Crippen LogP contribution >= 0.6 is 0 Å². The van der Waals surface area contributed by atoms with E-state index in [9.17, 15) is 9.90 Å². The number of nitrogens with one attached hydrogen (secondary N) is 2. The number of fused-ring (bicyclic) bond motifs is 1. The molecule has 126 valence electrons. The lowest BCUT2D eigenvalue weighted by Gasteiger charge is -2.20. The van der Waals surface area contributed by atoms with Crippen molar-refractivity contribution >= 4 is 16.8 Å². The van der Waals surface area contributed by atoms with Crippen LogP contribution in [0.15, 0.2) is 24.4 Å². The number of aromatic amines is 1. The number of aromatic nitrogens is 1. The highest BCUT2D eigenvalue weighted by molar-refractivity contribution is 5.84. The van der Waals surface area contributed by atoms with E-state index in [4.69, 9.17) is 0 Å². The standard InChI is InChI=1S/C19H28N2O2/c1-4-14(5-2)18(22)12-21-19(23)9-7-15-11-20-17-8-6-13(3)10-16(15)17/h6,8,10-11,14,18,20,22H,4-5,7,9,12H2,1-3H3,(H,21,23). The van der Waals surface area contributed by atoms with Gasteiger partial charge in [0.2, 0.25) is 5.91 Å². The predicted molar refractivity (Wildman–Crippen MR) is 94.4 cm³/mol. The molecule has 2 aromatic rings. The monoisotopic (exact) mass is 316 g/mol. The van der Waals surface area contributed by atoms with E-state index in [1.165, 1.54) is 16.5 Å². The third-order valence-electron chi connectivity index (χ3n) is 4.65. The largest absolute Gasteiger partial charge is 0.391 e. The summed E-state index contributed by atoms with van der Waals surface area (Å²) in [6.07, 6.45) is 4.54. The summed E-state index contributed by atoms with van der Waals surface area (Å²) in [5.74, 6) is 0.254. The molecule has 4 nitrogen and oxygen atoms in total. The van der Waals surface area contributed by atoms with E-state index >= 15 is 0 Å². The van der Waals surface area contributed by atoms with Gasteiger partial charge in [-0.15, -0.1) is 0 Å². The van der Waals surface area contributed by atoms with Crippen LogP contribution in [-0.2, 0) is 11.2 Å². The molecular formula is C19H28N2O2. The predicted octanol–water partition coefficient (Wildman–Crippen LogP) is 3.32. The zero-order valence-corrected chi connectivity index (χ0v) is 14.4. The van der Waals surface area contributed by atoms with Crippen molar-refractivity contribution in [2.45, 2.75) is 52.6 Å². The Morgan fingerprint density at radius 1 is 1.30 bits per heavy atom. The molecule has 0 aliphatic heterocycles. The molecule has 1 unspecified atom stereocenters. The molecule has 1 aromatic heterocycles. The second kappa shape index (κ2) is 8.16. The quantitative estimate of drug-likeness (QED) is 0.699. The van der Waals surface area contributed by atoms with Crippen LogP contribution in [0, 0.1) is 12.8 Å². The van der Waals surface area contributed by atoms with Crippen molar-refractivity contribution in [1.82, 2.24) is 10.3 Å². The van der Waals surface area contributed by atoms with Gasteiger partial charge in [0, 0.05) is 30.1 Å². The molecule has 0 radical (unpaired) electrons. The summed E-state index contributed by atoms with van der Waals surface area (Å²) >= 11 is 0. The van der Waals surface area contributed by atoms with Gasteiger partial charge in [-0.3, -0.25) is 4.79 Å². The van der Waals surface area contributed by atoms with E-state index in [-0.39, 0.29) is 11.8 Å². The van der Waals surface area contributed by atoms with E-state index in [1.54, 1.807) is 0 Å². The molecule has 0 fully saturated rings. The van der Waals surface area contributed by atoms with Gasteiger partial charge in [-0.2, -0.15) is 0 Å². The second-order valence-corrected chi connectivity index (χ2v) is 6.31. The molecule has 0 aliphatic rings. The number of carbonyl (C=O) groups excluding carboxylic acids is 1. The van der Waals surface area contributed by atoms with Crippen LogP contribution in [0.25, 0.3) is 10.9 Å². The second-order valence-electron chi connectivity index (χ2n) is 6.31. The lowest BCUT2D eigenvalue weighted by molar-refractivity contribution is -0.121. The van der Waals surface area contributed by atoms with E-state index in [2.05, 4.69) is 49.3 Å². The van der Waals surface area contributed by atoms with Gasteiger partial charge in [0.05, 0.1) is 6.10 Å². The van der Waals surface area contributed by atoms with Crippen molar-refractivity contribution in [1.29, 1.82) is 0 Å². The maximum Gasteiger partial charge on any atom is 0.220 e. The van der Waals surface area contributed by atoms with Crippen LogP contribution < -0.4 is 5.32 Å². The van der Waals surface area contributed by atoms with Crippen LogP contribution in [0.5, 0.6) is 0 Å². The maximum absolute atomic E-state index is 12.0. The Labute approximate surface area is 138 Å². The molecule has 0 saturated carbocycles. The number of aliphatic hydroxyl groups excluding tert-OH is 1. The lowest BCUT2D eigenvalue weighted by atomic mass is 9.96. The molecule has 0 aliphatic carbocycles. The molecule has 3 N–H and O–H groups in total. The summed E-state index contributed by atoms with van der Waals surface area (Å²) in [6, 6.07) is 6.30. The molecular weight excluding hydrogens is 288 g/mol. The van der Waals surface area contributed by atoms with Gasteiger partial charge in [-0.1, -0.05) is 38.3 Å². The van der Waals surface area contributed by atoms with Gasteiger partial charge in [0.25, 0.3) is 0 Å². The minimum atomic E-state index is -0.454. The van der Waals surface area contributed by atoms with Gasteiger partial charge < -0.3 is 15.4 Å². The Hall–Kier alpha value is -1.81. The molecule has 1 aromatic carbocycles. The third kappa shape index (κ3) is 4.58. The Bertz CT molecular complexity index is 644. The fourth-order valence-electron chi connectivity index (χ4n) is 3.05. The van der Waals surface area contributed by atoms with Gasteiger partial charge >= 0.3 is 0 Å². The van der Waals surface area contributed by atoms with Crippen LogP contribution in [0.3, 0.4) is 0 Å². The highest BCUT2D eigenvalue weighted by Crippen LogP contribution is 2.20. The van der Waals surface area contributed by atoms with Crippen LogP contribution in [-0.4, -0.2) is 28.6 Å². The summed E-state index contributed by atoms with van der Waals surface area (Å²) < 4.78 is 0. The van der Waals surface area contributed by atoms with E-state index in [0.29, 0.717) is 19.4 Å². The number of carbonyl (C=O) groups is 1. The van der Waals surface area contributed by atoms with E-state index in [1.807, 2.05) is 6.20 Å². The molecule has 4 heteroatoms. The molecule has 23 heavy (non-hydrogen) atoms. The zero-order chi connectivity index (χ0) is 16.8. The highest BCUT2D eigenvalue weighted by atomic mass is 16.3. The molecule has 1 heterocycles. The van der Waals surface area contributed by atoms with Crippen molar-refractivity contribution in [2.75, 3.05) is 6.54 Å².